The Kier molecular flexibility index (Phi) is 3.51. The number of nitrogen functional groups attached to an aromatic ring is 1. The first-order chi connectivity index (χ1) is 6.70. The molecule has 3 heteroatoms. The molecule has 1 aromatic rings. The molecule has 0 amide bonds. The van der Waals surface area contributed by atoms with E-state index in [4.69, 9.17) is 10.5 Å². The Morgan fingerprint density at radius 2 is 2.14 bits per heavy atom. The van der Waals surface area contributed by atoms with Gasteiger partial charge in [0.05, 0.1) is 12.2 Å². The first kappa shape index (κ1) is 10.6. The summed E-state index contributed by atoms with van der Waals surface area (Å²) in [7, 11) is 0. The Balaban J connectivity index is 3.15. The summed E-state index contributed by atoms with van der Waals surface area (Å²) >= 11 is 0. The second-order valence-corrected chi connectivity index (χ2v) is 2.93. The topological polar surface area (TPSA) is 52.3 Å². The number of anilines is 1. The number of rotatable bonds is 4. The van der Waals surface area contributed by atoms with E-state index >= 15 is 0 Å². The van der Waals surface area contributed by atoms with Crippen LogP contribution in [0.15, 0.2) is 18.2 Å². The lowest BCUT2D eigenvalue weighted by Crippen LogP contribution is -2.06. The van der Waals surface area contributed by atoms with Crippen molar-refractivity contribution in [3.05, 3.63) is 23.8 Å². The molecular formula is C11H15NO2. The van der Waals surface area contributed by atoms with Gasteiger partial charge in [-0.15, -0.1) is 0 Å². The minimum Gasteiger partial charge on any atom is -0.493 e. The second kappa shape index (κ2) is 4.65. The van der Waals surface area contributed by atoms with Gasteiger partial charge in [0.15, 0.2) is 5.78 Å². The van der Waals surface area contributed by atoms with Crippen molar-refractivity contribution < 1.29 is 9.53 Å². The summed E-state index contributed by atoms with van der Waals surface area (Å²) < 4.78 is 5.34. The molecule has 0 saturated carbocycles. The fraction of sp³-hybridized carbons (Fsp3) is 0.364. The summed E-state index contributed by atoms with van der Waals surface area (Å²) in [5, 5.41) is 0. The van der Waals surface area contributed by atoms with E-state index in [1.165, 1.54) is 0 Å². The first-order valence-electron chi connectivity index (χ1n) is 4.75. The number of ketones is 1. The minimum atomic E-state index is 0.0200. The molecule has 0 atom stereocenters. The fourth-order valence-electron chi connectivity index (χ4n) is 1.30. The highest BCUT2D eigenvalue weighted by molar-refractivity contribution is 6.03. The van der Waals surface area contributed by atoms with Crippen LogP contribution in [-0.2, 0) is 0 Å². The Labute approximate surface area is 83.9 Å². The highest BCUT2D eigenvalue weighted by atomic mass is 16.5. The largest absolute Gasteiger partial charge is 0.493 e. The molecule has 0 spiro atoms. The van der Waals surface area contributed by atoms with Crippen molar-refractivity contribution in [2.45, 2.75) is 20.3 Å². The van der Waals surface area contributed by atoms with Crippen molar-refractivity contribution in [3.8, 4) is 5.75 Å². The van der Waals surface area contributed by atoms with Crippen molar-refractivity contribution in [2.24, 2.45) is 0 Å². The molecule has 76 valence electrons. The number of nitrogens with two attached hydrogens (primary N) is 1. The van der Waals surface area contributed by atoms with Crippen LogP contribution in [0.5, 0.6) is 5.75 Å². The van der Waals surface area contributed by atoms with Gasteiger partial charge in [0, 0.05) is 12.1 Å². The number of carbonyl (C=O) groups is 1. The van der Waals surface area contributed by atoms with Gasteiger partial charge in [-0.1, -0.05) is 13.0 Å². The highest BCUT2D eigenvalue weighted by Gasteiger charge is 2.13. The molecule has 14 heavy (non-hydrogen) atoms. The fourth-order valence-corrected chi connectivity index (χ4v) is 1.30. The summed E-state index contributed by atoms with van der Waals surface area (Å²) in [5.41, 5.74) is 6.73. The third-order valence-corrected chi connectivity index (χ3v) is 1.96. The van der Waals surface area contributed by atoms with Gasteiger partial charge in [-0.05, 0) is 19.1 Å². The van der Waals surface area contributed by atoms with Crippen LogP contribution in [-0.4, -0.2) is 12.4 Å². The van der Waals surface area contributed by atoms with E-state index in [2.05, 4.69) is 0 Å². The number of hydrogen-bond donors (Lipinski definition) is 1. The summed E-state index contributed by atoms with van der Waals surface area (Å²) in [6, 6.07) is 5.26. The molecule has 0 bridgehead atoms. The molecule has 1 rings (SSSR count). The van der Waals surface area contributed by atoms with Crippen LogP contribution in [0.2, 0.25) is 0 Å². The van der Waals surface area contributed by atoms with Crippen molar-refractivity contribution >= 4 is 11.5 Å². The third-order valence-electron chi connectivity index (χ3n) is 1.96. The highest BCUT2D eigenvalue weighted by Crippen LogP contribution is 2.25. The summed E-state index contributed by atoms with van der Waals surface area (Å²) in [5.74, 6) is 0.603. The molecule has 1 aromatic carbocycles. The maximum atomic E-state index is 11.6. The molecule has 0 unspecified atom stereocenters. The van der Waals surface area contributed by atoms with Gasteiger partial charge in [-0.3, -0.25) is 4.79 Å². The van der Waals surface area contributed by atoms with Crippen molar-refractivity contribution in [2.75, 3.05) is 12.3 Å². The predicted octanol–water partition coefficient (Wildman–Crippen LogP) is 2.26. The third kappa shape index (κ3) is 2.05. The first-order valence-corrected chi connectivity index (χ1v) is 4.75. The average molecular weight is 193 g/mol. The molecule has 0 aliphatic carbocycles. The zero-order valence-corrected chi connectivity index (χ0v) is 8.54. The van der Waals surface area contributed by atoms with Crippen LogP contribution < -0.4 is 10.5 Å². The van der Waals surface area contributed by atoms with E-state index in [-0.39, 0.29) is 5.78 Å². The Morgan fingerprint density at radius 1 is 1.43 bits per heavy atom. The summed E-state index contributed by atoms with van der Waals surface area (Å²) in [4.78, 5) is 11.6. The monoisotopic (exact) mass is 193 g/mol. The van der Waals surface area contributed by atoms with Crippen molar-refractivity contribution in [3.63, 3.8) is 0 Å². The number of carbonyl (C=O) groups excluding carboxylic acids is 1. The Hall–Kier alpha value is -1.51. The van der Waals surface area contributed by atoms with E-state index in [0.717, 1.165) is 0 Å². The molecule has 2 N–H and O–H groups in total. The zero-order valence-electron chi connectivity index (χ0n) is 8.54. The quantitative estimate of drug-likeness (QED) is 0.589. The molecule has 3 nitrogen and oxygen atoms in total. The van der Waals surface area contributed by atoms with Gasteiger partial charge in [0.2, 0.25) is 0 Å². The predicted molar refractivity (Wildman–Crippen MR) is 56.6 cm³/mol. The number of benzene rings is 1. The average Bonchev–Trinajstić information content (AvgIpc) is 2.18. The molecule has 0 saturated heterocycles. The van der Waals surface area contributed by atoms with Crippen LogP contribution in [0.4, 0.5) is 5.69 Å². The molecular weight excluding hydrogens is 178 g/mol. The Morgan fingerprint density at radius 3 is 2.71 bits per heavy atom. The van der Waals surface area contributed by atoms with Crippen LogP contribution >= 0.6 is 0 Å². The van der Waals surface area contributed by atoms with E-state index in [0.29, 0.717) is 30.0 Å². The van der Waals surface area contributed by atoms with Gasteiger partial charge in [0.1, 0.15) is 5.75 Å². The smallest absolute Gasteiger partial charge is 0.168 e. The molecule has 0 aliphatic rings. The van der Waals surface area contributed by atoms with Gasteiger partial charge >= 0.3 is 0 Å². The van der Waals surface area contributed by atoms with Gasteiger partial charge in [0.25, 0.3) is 0 Å². The number of ether oxygens (including phenoxy) is 1. The summed E-state index contributed by atoms with van der Waals surface area (Å²) in [6.07, 6.45) is 0.439. The molecule has 0 heterocycles. The van der Waals surface area contributed by atoms with Gasteiger partial charge in [-0.25, -0.2) is 0 Å². The van der Waals surface area contributed by atoms with Crippen molar-refractivity contribution in [1.82, 2.24) is 0 Å². The normalized spacial score (nSPS) is 9.86. The second-order valence-electron chi connectivity index (χ2n) is 2.93. The van der Waals surface area contributed by atoms with Crippen molar-refractivity contribution in [1.29, 1.82) is 0 Å². The standard InChI is InChI=1S/C11H15NO2/c1-3-9(13)11-8(12)6-5-7-10(11)14-4-2/h5-7H,3-4,12H2,1-2H3. The van der Waals surface area contributed by atoms with Crippen LogP contribution in [0.3, 0.4) is 0 Å². The number of hydrogen-bond acceptors (Lipinski definition) is 3. The molecule has 0 aromatic heterocycles. The van der Waals surface area contributed by atoms with E-state index < -0.39 is 0 Å². The molecule has 0 aliphatic heterocycles. The number of Topliss-reactive ketones (excluding diaryl/α,β-unsaturated/α-hetero) is 1. The van der Waals surface area contributed by atoms with Crippen LogP contribution in [0, 0.1) is 0 Å². The maximum Gasteiger partial charge on any atom is 0.168 e. The maximum absolute atomic E-state index is 11.6. The van der Waals surface area contributed by atoms with Crippen LogP contribution in [0.1, 0.15) is 30.6 Å². The lowest BCUT2D eigenvalue weighted by Gasteiger charge is -2.10. The van der Waals surface area contributed by atoms with E-state index in [9.17, 15) is 4.79 Å². The lowest BCUT2D eigenvalue weighted by molar-refractivity contribution is 0.0985. The van der Waals surface area contributed by atoms with Gasteiger partial charge < -0.3 is 10.5 Å². The summed E-state index contributed by atoms with van der Waals surface area (Å²) in [6.45, 7) is 4.22. The minimum absolute atomic E-state index is 0.0200. The molecule has 0 radical (unpaired) electrons. The van der Waals surface area contributed by atoms with E-state index in [1.54, 1.807) is 18.2 Å². The van der Waals surface area contributed by atoms with Gasteiger partial charge in [-0.2, -0.15) is 0 Å². The zero-order chi connectivity index (χ0) is 10.6. The Bertz CT molecular complexity index is 334. The SMILES string of the molecule is CCOc1cccc(N)c1C(=O)CC. The van der Waals surface area contributed by atoms with Crippen LogP contribution in [0.25, 0.3) is 0 Å². The molecule has 0 fully saturated rings. The lowest BCUT2D eigenvalue weighted by atomic mass is 10.1. The van der Waals surface area contributed by atoms with E-state index in [1.807, 2.05) is 13.8 Å².